The number of fused-ring (bicyclic) bond motifs is 2. The molecule has 0 radical (unpaired) electrons. The van der Waals surface area contributed by atoms with Crippen LogP contribution in [0.5, 0.6) is 0 Å². The van der Waals surface area contributed by atoms with Crippen molar-refractivity contribution in [3.8, 4) is 0 Å². The van der Waals surface area contributed by atoms with E-state index in [1.54, 1.807) is 18.3 Å². The number of nitrogens with zero attached hydrogens (tertiary/aromatic N) is 4. The summed E-state index contributed by atoms with van der Waals surface area (Å²) in [7, 11) is 0. The summed E-state index contributed by atoms with van der Waals surface area (Å²) in [5, 5.41) is 0. The molecule has 1 saturated heterocycles. The van der Waals surface area contributed by atoms with E-state index in [0.717, 1.165) is 40.9 Å². The van der Waals surface area contributed by atoms with E-state index in [4.69, 9.17) is 4.42 Å². The van der Waals surface area contributed by atoms with Crippen LogP contribution >= 0.6 is 0 Å². The molecule has 4 aromatic rings. The highest BCUT2D eigenvalue weighted by molar-refractivity contribution is 5.91. The van der Waals surface area contributed by atoms with Crippen molar-refractivity contribution in [3.63, 3.8) is 0 Å². The van der Waals surface area contributed by atoms with E-state index in [9.17, 15) is 4.79 Å². The maximum atomic E-state index is 12.6. The van der Waals surface area contributed by atoms with Crippen LogP contribution in [-0.4, -0.2) is 38.8 Å². The van der Waals surface area contributed by atoms with Crippen molar-refractivity contribution >= 4 is 34.1 Å². The van der Waals surface area contributed by atoms with Crippen molar-refractivity contribution in [1.29, 1.82) is 0 Å². The van der Waals surface area contributed by atoms with E-state index in [1.165, 1.54) is 0 Å². The van der Waals surface area contributed by atoms with E-state index >= 15 is 0 Å². The number of benzene rings is 2. The number of piperidine rings is 1. The molecular weight excluding hydrogens is 364 g/mol. The summed E-state index contributed by atoms with van der Waals surface area (Å²) >= 11 is 0. The third-order valence-corrected chi connectivity index (χ3v) is 5.33. The fourth-order valence-electron chi connectivity index (χ4n) is 3.73. The Kier molecular flexibility index (Phi) is 4.52. The summed E-state index contributed by atoms with van der Waals surface area (Å²) in [5.41, 5.74) is 4.05. The molecule has 0 N–H and O–H groups in total. The van der Waals surface area contributed by atoms with E-state index in [0.29, 0.717) is 18.8 Å². The van der Waals surface area contributed by atoms with Gasteiger partial charge in [-0.15, -0.1) is 0 Å². The quantitative estimate of drug-likeness (QED) is 0.495. The lowest BCUT2D eigenvalue weighted by atomic mass is 9.97. The monoisotopic (exact) mass is 384 g/mol. The Morgan fingerprint density at radius 1 is 0.966 bits per heavy atom. The average molecular weight is 384 g/mol. The molecule has 6 nitrogen and oxygen atoms in total. The minimum absolute atomic E-state index is 0.00373. The fraction of sp³-hybridized carbons (Fsp3) is 0.217. The van der Waals surface area contributed by atoms with Gasteiger partial charge in [0, 0.05) is 25.1 Å². The number of carbonyl (C=O) groups excluding carboxylic acids is 1. The first-order valence-corrected chi connectivity index (χ1v) is 9.80. The molecular formula is C23H20N4O2. The molecule has 3 heterocycles. The minimum Gasteiger partial charge on any atom is -0.440 e. The van der Waals surface area contributed by atoms with Gasteiger partial charge < -0.3 is 9.32 Å². The van der Waals surface area contributed by atoms with Crippen molar-refractivity contribution in [3.05, 3.63) is 72.4 Å². The maximum Gasteiger partial charge on any atom is 0.246 e. The molecule has 29 heavy (non-hydrogen) atoms. The maximum absolute atomic E-state index is 12.6. The predicted molar refractivity (Wildman–Crippen MR) is 111 cm³/mol. The first kappa shape index (κ1) is 17.6. The van der Waals surface area contributed by atoms with Gasteiger partial charge >= 0.3 is 0 Å². The molecule has 0 aliphatic carbocycles. The van der Waals surface area contributed by atoms with Crippen LogP contribution in [0.15, 0.2) is 65.2 Å². The van der Waals surface area contributed by atoms with Gasteiger partial charge in [0.15, 0.2) is 11.5 Å². The number of oxazole rings is 1. The van der Waals surface area contributed by atoms with Crippen LogP contribution in [0.4, 0.5) is 0 Å². The molecule has 0 bridgehead atoms. The number of hydrogen-bond acceptors (Lipinski definition) is 5. The van der Waals surface area contributed by atoms with Crippen molar-refractivity contribution in [1.82, 2.24) is 19.9 Å². The van der Waals surface area contributed by atoms with Crippen molar-refractivity contribution in [2.24, 2.45) is 0 Å². The van der Waals surface area contributed by atoms with Gasteiger partial charge in [-0.05, 0) is 43.2 Å². The summed E-state index contributed by atoms with van der Waals surface area (Å²) < 4.78 is 5.90. The van der Waals surface area contributed by atoms with Gasteiger partial charge in [0.2, 0.25) is 5.91 Å². The number of carbonyl (C=O) groups is 1. The lowest BCUT2D eigenvalue weighted by molar-refractivity contribution is -0.127. The molecule has 1 amide bonds. The molecule has 1 aliphatic heterocycles. The first-order valence-electron chi connectivity index (χ1n) is 9.80. The minimum atomic E-state index is -0.00373. The van der Waals surface area contributed by atoms with Gasteiger partial charge in [-0.2, -0.15) is 0 Å². The van der Waals surface area contributed by atoms with Crippen LogP contribution in [-0.2, 0) is 4.79 Å². The second-order valence-corrected chi connectivity index (χ2v) is 7.24. The summed E-state index contributed by atoms with van der Waals surface area (Å²) in [6.07, 6.45) is 6.70. The smallest absolute Gasteiger partial charge is 0.246 e. The van der Waals surface area contributed by atoms with Crippen LogP contribution < -0.4 is 0 Å². The van der Waals surface area contributed by atoms with Crippen LogP contribution in [0.3, 0.4) is 0 Å². The number of para-hydroxylation sites is 4. The fourth-order valence-corrected chi connectivity index (χ4v) is 3.73. The highest BCUT2D eigenvalue weighted by Crippen LogP contribution is 2.30. The zero-order valence-corrected chi connectivity index (χ0v) is 15.9. The van der Waals surface area contributed by atoms with Crippen molar-refractivity contribution in [2.45, 2.75) is 18.8 Å². The van der Waals surface area contributed by atoms with Gasteiger partial charge in [-0.1, -0.05) is 24.3 Å². The van der Waals surface area contributed by atoms with Crippen molar-refractivity contribution < 1.29 is 9.21 Å². The molecule has 2 aromatic carbocycles. The highest BCUT2D eigenvalue weighted by Gasteiger charge is 2.26. The normalized spacial score (nSPS) is 15.5. The van der Waals surface area contributed by atoms with Gasteiger partial charge in [-0.25, -0.2) is 9.97 Å². The summed E-state index contributed by atoms with van der Waals surface area (Å²) in [4.78, 5) is 27.9. The highest BCUT2D eigenvalue weighted by atomic mass is 16.3. The largest absolute Gasteiger partial charge is 0.440 e. The van der Waals surface area contributed by atoms with E-state index in [-0.39, 0.29) is 11.8 Å². The molecule has 0 atom stereocenters. The number of likely N-dealkylation sites (tertiary alicyclic amines) is 1. The standard InChI is InChI=1S/C23H20N4O2/c28-22(10-9-17-15-24-18-5-1-2-6-19(18)25-17)27-13-11-16(12-14-27)23-26-20-7-3-4-8-21(20)29-23/h1-10,15-16H,11-14H2/b10-9+. The third-order valence-electron chi connectivity index (χ3n) is 5.33. The SMILES string of the molecule is O=C(/C=C/c1cnc2ccccc2n1)N1CCC(c2nc3ccccc3o2)CC1. The lowest BCUT2D eigenvalue weighted by Gasteiger charge is -2.29. The third kappa shape index (κ3) is 3.61. The zero-order valence-electron chi connectivity index (χ0n) is 15.9. The summed E-state index contributed by atoms with van der Waals surface area (Å²) in [6, 6.07) is 15.5. The van der Waals surface area contributed by atoms with Crippen molar-refractivity contribution in [2.75, 3.05) is 13.1 Å². The summed E-state index contributed by atoms with van der Waals surface area (Å²) in [5.74, 6) is 1.03. The van der Waals surface area contributed by atoms with E-state index in [2.05, 4.69) is 15.0 Å². The van der Waals surface area contributed by atoms with Gasteiger partial charge in [-0.3, -0.25) is 9.78 Å². The number of hydrogen-bond donors (Lipinski definition) is 0. The molecule has 6 heteroatoms. The molecule has 0 spiro atoms. The number of rotatable bonds is 3. The molecule has 1 aliphatic rings. The topological polar surface area (TPSA) is 72.1 Å². The number of aromatic nitrogens is 3. The molecule has 2 aromatic heterocycles. The van der Waals surface area contributed by atoms with Gasteiger partial charge in [0.1, 0.15) is 5.52 Å². The Morgan fingerprint density at radius 3 is 2.48 bits per heavy atom. The molecule has 1 fully saturated rings. The molecule has 5 rings (SSSR count). The Labute approximate surface area is 167 Å². The Morgan fingerprint density at radius 2 is 1.69 bits per heavy atom. The molecule has 144 valence electrons. The number of amides is 1. The van der Waals surface area contributed by atoms with E-state index < -0.39 is 0 Å². The first-order chi connectivity index (χ1) is 14.3. The second-order valence-electron chi connectivity index (χ2n) is 7.24. The zero-order chi connectivity index (χ0) is 19.6. The molecule has 0 unspecified atom stereocenters. The summed E-state index contributed by atoms with van der Waals surface area (Å²) in [6.45, 7) is 1.38. The molecule has 0 saturated carbocycles. The van der Waals surface area contributed by atoms with Gasteiger partial charge in [0.05, 0.1) is 22.9 Å². The van der Waals surface area contributed by atoms with Crippen LogP contribution in [0, 0.1) is 0 Å². The van der Waals surface area contributed by atoms with Gasteiger partial charge in [0.25, 0.3) is 0 Å². The predicted octanol–water partition coefficient (Wildman–Crippen LogP) is 4.19. The Bertz CT molecular complexity index is 1170. The van der Waals surface area contributed by atoms with Crippen LogP contribution in [0.25, 0.3) is 28.2 Å². The van der Waals surface area contributed by atoms with E-state index in [1.807, 2.05) is 53.4 Å². The van der Waals surface area contributed by atoms with Crippen LogP contribution in [0.1, 0.15) is 30.3 Å². The average Bonchev–Trinajstić information content (AvgIpc) is 3.22. The Hall–Kier alpha value is -3.54. The lowest BCUT2D eigenvalue weighted by Crippen LogP contribution is -2.36. The Balaban J connectivity index is 1.23. The van der Waals surface area contributed by atoms with Crippen LogP contribution in [0.2, 0.25) is 0 Å². The second kappa shape index (κ2) is 7.47.